The van der Waals surface area contributed by atoms with E-state index in [0.29, 0.717) is 0 Å². The van der Waals surface area contributed by atoms with Crippen LogP contribution in [-0.2, 0) is 4.74 Å². The van der Waals surface area contributed by atoms with E-state index >= 15 is 0 Å². The maximum atomic E-state index is 5.99. The van der Waals surface area contributed by atoms with E-state index in [1.165, 1.54) is 0 Å². The van der Waals surface area contributed by atoms with Gasteiger partial charge in [-0.15, -0.1) is 0 Å². The highest BCUT2D eigenvalue weighted by Gasteiger charge is 2.25. The molecule has 1 aliphatic heterocycles. The van der Waals surface area contributed by atoms with Gasteiger partial charge in [0, 0.05) is 6.61 Å². The monoisotopic (exact) mass is 181 g/mol. The molecule has 1 fully saturated rings. The van der Waals surface area contributed by atoms with Crippen molar-refractivity contribution in [3.63, 3.8) is 0 Å². The van der Waals surface area contributed by atoms with Crippen LogP contribution in [0.25, 0.3) is 0 Å². The van der Waals surface area contributed by atoms with Crippen LogP contribution in [0.4, 0.5) is 0 Å². The minimum absolute atomic E-state index is 0.101. The summed E-state index contributed by atoms with van der Waals surface area (Å²) in [6, 6.07) is 3.77. The number of hydrogen-bond acceptors (Lipinski definition) is 3. The maximum Gasteiger partial charge on any atom is 0.123 e. The Kier molecular flexibility index (Phi) is 2.38. The Morgan fingerprint density at radius 2 is 2.38 bits per heavy atom. The van der Waals surface area contributed by atoms with Crippen molar-refractivity contribution in [1.29, 1.82) is 0 Å². The highest BCUT2D eigenvalue weighted by molar-refractivity contribution is 5.10. The van der Waals surface area contributed by atoms with Crippen molar-refractivity contribution in [3.05, 3.63) is 23.7 Å². The first-order valence-electron chi connectivity index (χ1n) is 4.71. The second kappa shape index (κ2) is 3.52. The van der Waals surface area contributed by atoms with Gasteiger partial charge in [-0.3, -0.25) is 0 Å². The largest absolute Gasteiger partial charge is 0.465 e. The first-order chi connectivity index (χ1) is 6.27. The molecule has 2 heterocycles. The van der Waals surface area contributed by atoms with Crippen LogP contribution in [-0.4, -0.2) is 12.7 Å². The lowest BCUT2D eigenvalue weighted by Crippen LogP contribution is -2.24. The molecule has 0 spiro atoms. The Bertz CT molecular complexity index is 276. The fourth-order valence-corrected chi connectivity index (χ4v) is 1.70. The van der Waals surface area contributed by atoms with E-state index in [4.69, 9.17) is 14.9 Å². The zero-order valence-electron chi connectivity index (χ0n) is 7.82. The molecular formula is C10H15NO2. The lowest BCUT2D eigenvalue weighted by molar-refractivity contribution is 0.0836. The molecule has 0 aromatic carbocycles. The molecule has 1 saturated heterocycles. The standard InChI is InChI=1S/C10H15NO2/c1-7-4-5-9(13-7)10(11)8-3-2-6-12-8/h4-5,8,10H,2-3,6,11H2,1H3/t8?,10-/m0/s1. The topological polar surface area (TPSA) is 48.4 Å². The van der Waals surface area contributed by atoms with Crippen LogP contribution in [0.2, 0.25) is 0 Å². The number of nitrogens with two attached hydrogens (primary N) is 1. The summed E-state index contributed by atoms with van der Waals surface area (Å²) < 4.78 is 10.9. The van der Waals surface area contributed by atoms with E-state index in [0.717, 1.165) is 31.0 Å². The van der Waals surface area contributed by atoms with Gasteiger partial charge in [-0.05, 0) is 31.9 Å². The van der Waals surface area contributed by atoms with Gasteiger partial charge in [-0.25, -0.2) is 0 Å². The first-order valence-corrected chi connectivity index (χ1v) is 4.71. The Balaban J connectivity index is 2.07. The average Bonchev–Trinajstić information content (AvgIpc) is 2.72. The van der Waals surface area contributed by atoms with E-state index in [1.54, 1.807) is 0 Å². The van der Waals surface area contributed by atoms with Gasteiger partial charge in [0.1, 0.15) is 11.5 Å². The lowest BCUT2D eigenvalue weighted by Gasteiger charge is -2.15. The number of ether oxygens (including phenoxy) is 1. The molecule has 0 amide bonds. The van der Waals surface area contributed by atoms with Crippen LogP contribution in [0, 0.1) is 6.92 Å². The molecule has 1 unspecified atom stereocenters. The van der Waals surface area contributed by atoms with Gasteiger partial charge in [0.05, 0.1) is 12.1 Å². The van der Waals surface area contributed by atoms with Gasteiger partial charge in [0.25, 0.3) is 0 Å². The van der Waals surface area contributed by atoms with Crippen molar-refractivity contribution in [1.82, 2.24) is 0 Å². The third-order valence-electron chi connectivity index (χ3n) is 2.46. The average molecular weight is 181 g/mol. The Morgan fingerprint density at radius 3 is 2.92 bits per heavy atom. The third-order valence-corrected chi connectivity index (χ3v) is 2.46. The fourth-order valence-electron chi connectivity index (χ4n) is 1.70. The summed E-state index contributed by atoms with van der Waals surface area (Å²) in [7, 11) is 0. The molecule has 2 N–H and O–H groups in total. The van der Waals surface area contributed by atoms with Gasteiger partial charge >= 0.3 is 0 Å². The highest BCUT2D eigenvalue weighted by atomic mass is 16.5. The normalized spacial score (nSPS) is 24.9. The highest BCUT2D eigenvalue weighted by Crippen LogP contribution is 2.25. The van der Waals surface area contributed by atoms with Crippen LogP contribution < -0.4 is 5.73 Å². The molecular weight excluding hydrogens is 166 g/mol. The number of furan rings is 1. The van der Waals surface area contributed by atoms with Crippen molar-refractivity contribution < 1.29 is 9.15 Å². The molecule has 1 aliphatic rings. The predicted octanol–water partition coefficient (Wildman–Crippen LogP) is 1.77. The van der Waals surface area contributed by atoms with Gasteiger partial charge in [0.2, 0.25) is 0 Å². The van der Waals surface area contributed by atoms with E-state index in [-0.39, 0.29) is 12.1 Å². The maximum absolute atomic E-state index is 5.99. The molecule has 72 valence electrons. The number of rotatable bonds is 2. The van der Waals surface area contributed by atoms with E-state index in [2.05, 4.69) is 0 Å². The quantitative estimate of drug-likeness (QED) is 0.756. The van der Waals surface area contributed by atoms with Crippen molar-refractivity contribution in [2.24, 2.45) is 5.73 Å². The number of aryl methyl sites for hydroxylation is 1. The summed E-state index contributed by atoms with van der Waals surface area (Å²) in [5, 5.41) is 0. The predicted molar refractivity (Wildman–Crippen MR) is 49.3 cm³/mol. The molecule has 0 saturated carbocycles. The second-order valence-corrected chi connectivity index (χ2v) is 3.53. The lowest BCUT2D eigenvalue weighted by atomic mass is 10.1. The molecule has 13 heavy (non-hydrogen) atoms. The Labute approximate surface area is 77.9 Å². The van der Waals surface area contributed by atoms with Crippen LogP contribution in [0.1, 0.15) is 30.4 Å². The summed E-state index contributed by atoms with van der Waals surface area (Å²) >= 11 is 0. The summed E-state index contributed by atoms with van der Waals surface area (Å²) in [6.07, 6.45) is 2.30. The van der Waals surface area contributed by atoms with Gasteiger partial charge in [0.15, 0.2) is 0 Å². The smallest absolute Gasteiger partial charge is 0.123 e. The molecule has 0 aliphatic carbocycles. The van der Waals surface area contributed by atoms with E-state index < -0.39 is 0 Å². The summed E-state index contributed by atoms with van der Waals surface area (Å²) in [6.45, 7) is 2.75. The zero-order chi connectivity index (χ0) is 9.26. The summed E-state index contributed by atoms with van der Waals surface area (Å²) in [4.78, 5) is 0. The first kappa shape index (κ1) is 8.78. The van der Waals surface area contributed by atoms with Crippen LogP contribution >= 0.6 is 0 Å². The molecule has 3 nitrogen and oxygen atoms in total. The van der Waals surface area contributed by atoms with Gasteiger partial charge in [-0.2, -0.15) is 0 Å². The molecule has 0 bridgehead atoms. The zero-order valence-corrected chi connectivity index (χ0v) is 7.82. The molecule has 1 aromatic rings. The van der Waals surface area contributed by atoms with Crippen LogP contribution in [0.5, 0.6) is 0 Å². The van der Waals surface area contributed by atoms with E-state index in [1.807, 2.05) is 19.1 Å². The second-order valence-electron chi connectivity index (χ2n) is 3.53. The Morgan fingerprint density at radius 1 is 1.54 bits per heavy atom. The van der Waals surface area contributed by atoms with Crippen molar-refractivity contribution in [2.45, 2.75) is 31.9 Å². The summed E-state index contributed by atoms with van der Waals surface area (Å²) in [5.41, 5.74) is 5.99. The Hall–Kier alpha value is -0.800. The molecule has 2 atom stereocenters. The molecule has 1 aromatic heterocycles. The summed E-state index contributed by atoms with van der Waals surface area (Å²) in [5.74, 6) is 1.74. The minimum atomic E-state index is -0.101. The van der Waals surface area contributed by atoms with E-state index in [9.17, 15) is 0 Å². The molecule has 0 radical (unpaired) electrons. The fraction of sp³-hybridized carbons (Fsp3) is 0.600. The molecule has 3 heteroatoms. The van der Waals surface area contributed by atoms with Crippen molar-refractivity contribution in [2.75, 3.05) is 6.61 Å². The van der Waals surface area contributed by atoms with Crippen molar-refractivity contribution >= 4 is 0 Å². The third kappa shape index (κ3) is 1.76. The van der Waals surface area contributed by atoms with Gasteiger partial charge in [-0.1, -0.05) is 0 Å². The number of hydrogen-bond donors (Lipinski definition) is 1. The van der Waals surface area contributed by atoms with Crippen LogP contribution in [0.3, 0.4) is 0 Å². The van der Waals surface area contributed by atoms with Crippen molar-refractivity contribution in [3.8, 4) is 0 Å². The van der Waals surface area contributed by atoms with Crippen LogP contribution in [0.15, 0.2) is 16.5 Å². The SMILES string of the molecule is Cc1ccc([C@@H](N)C2CCCO2)o1. The minimum Gasteiger partial charge on any atom is -0.465 e. The van der Waals surface area contributed by atoms with Gasteiger partial charge < -0.3 is 14.9 Å². The molecule has 2 rings (SSSR count).